The molecule has 0 unspecified atom stereocenters. The number of carbonyl (C=O) groups excluding carboxylic acids is 3. The molecule has 0 aliphatic carbocycles. The van der Waals surface area contributed by atoms with Crippen LogP contribution in [0, 0.1) is 6.92 Å². The van der Waals surface area contributed by atoms with Crippen molar-refractivity contribution in [3.8, 4) is 5.69 Å². The SMILES string of the molecule is Cc1ccn(-c2ccc(C(=O)N3C[C@@H](C)N(C(=O)NCC(=O)N4CCCC4)Cc4ccccc43)c(Cl)c2)n1. The monoisotopic (exact) mass is 534 g/mol. The number of aromatic nitrogens is 2. The van der Waals surface area contributed by atoms with Gasteiger partial charge in [0.15, 0.2) is 0 Å². The highest BCUT2D eigenvalue weighted by Gasteiger charge is 2.32. The number of halogens is 1. The molecule has 198 valence electrons. The molecular formula is C28H31ClN6O3. The third-order valence-corrected chi connectivity index (χ3v) is 7.44. The van der Waals surface area contributed by atoms with Crippen molar-refractivity contribution in [2.24, 2.45) is 0 Å². The number of para-hydroxylation sites is 1. The van der Waals surface area contributed by atoms with E-state index in [0.29, 0.717) is 17.1 Å². The molecule has 0 spiro atoms. The Morgan fingerprint density at radius 1 is 1.08 bits per heavy atom. The summed E-state index contributed by atoms with van der Waals surface area (Å²) < 4.78 is 1.71. The van der Waals surface area contributed by atoms with Gasteiger partial charge in [-0.3, -0.25) is 9.59 Å². The molecule has 0 saturated carbocycles. The molecule has 1 saturated heterocycles. The third-order valence-electron chi connectivity index (χ3n) is 7.13. The van der Waals surface area contributed by atoms with Crippen molar-refractivity contribution in [1.82, 2.24) is 24.9 Å². The highest BCUT2D eigenvalue weighted by atomic mass is 35.5. The molecule has 2 aromatic carbocycles. The van der Waals surface area contributed by atoms with Gasteiger partial charge in [0.05, 0.1) is 28.5 Å². The molecule has 1 atom stereocenters. The predicted molar refractivity (Wildman–Crippen MR) is 146 cm³/mol. The molecule has 1 N–H and O–H groups in total. The number of carbonyl (C=O) groups is 3. The van der Waals surface area contributed by atoms with E-state index in [9.17, 15) is 14.4 Å². The summed E-state index contributed by atoms with van der Waals surface area (Å²) >= 11 is 6.61. The molecule has 0 radical (unpaired) electrons. The molecule has 0 bridgehead atoms. The number of amides is 4. The molecule has 1 aromatic heterocycles. The number of hydrogen-bond donors (Lipinski definition) is 1. The maximum absolute atomic E-state index is 13.8. The molecule has 10 heteroatoms. The number of benzene rings is 2. The van der Waals surface area contributed by atoms with Crippen molar-refractivity contribution in [2.45, 2.75) is 39.3 Å². The lowest BCUT2D eigenvalue weighted by Gasteiger charge is -2.29. The zero-order chi connectivity index (χ0) is 26.8. The van der Waals surface area contributed by atoms with Gasteiger partial charge in [-0.2, -0.15) is 5.10 Å². The van der Waals surface area contributed by atoms with E-state index in [0.717, 1.165) is 48.6 Å². The number of rotatable bonds is 4. The van der Waals surface area contributed by atoms with Gasteiger partial charge in [-0.1, -0.05) is 29.8 Å². The summed E-state index contributed by atoms with van der Waals surface area (Å²) in [4.78, 5) is 44.6. The van der Waals surface area contributed by atoms with Gasteiger partial charge in [0.1, 0.15) is 0 Å². The first-order valence-corrected chi connectivity index (χ1v) is 13.2. The van der Waals surface area contributed by atoms with Crippen molar-refractivity contribution in [2.75, 3.05) is 31.1 Å². The van der Waals surface area contributed by atoms with Crippen LogP contribution in [0.3, 0.4) is 0 Å². The number of likely N-dealkylation sites (tertiary alicyclic amines) is 1. The Labute approximate surface area is 227 Å². The molecule has 1 fully saturated rings. The Bertz CT molecular complexity index is 1370. The zero-order valence-corrected chi connectivity index (χ0v) is 22.3. The van der Waals surface area contributed by atoms with Gasteiger partial charge in [-0.05, 0) is 62.6 Å². The second kappa shape index (κ2) is 10.9. The summed E-state index contributed by atoms with van der Waals surface area (Å²) in [6, 6.07) is 14.1. The maximum Gasteiger partial charge on any atom is 0.318 e. The smallest absolute Gasteiger partial charge is 0.318 e. The zero-order valence-electron chi connectivity index (χ0n) is 21.6. The second-order valence-electron chi connectivity index (χ2n) is 9.83. The maximum atomic E-state index is 13.8. The third kappa shape index (κ3) is 5.24. The minimum Gasteiger partial charge on any atom is -0.341 e. The van der Waals surface area contributed by atoms with Crippen LogP contribution in [0.15, 0.2) is 54.7 Å². The predicted octanol–water partition coefficient (Wildman–Crippen LogP) is 4.02. The number of nitrogens with zero attached hydrogens (tertiary/aromatic N) is 5. The van der Waals surface area contributed by atoms with E-state index in [2.05, 4.69) is 10.4 Å². The summed E-state index contributed by atoms with van der Waals surface area (Å²) in [5.41, 5.74) is 3.58. The van der Waals surface area contributed by atoms with Crippen molar-refractivity contribution >= 4 is 35.1 Å². The standard InChI is InChI=1S/C28H31ClN6O3/c1-19-11-14-35(31-19)22-9-10-23(24(29)15-22)27(37)34-17-20(2)33(18-21-7-3-4-8-25(21)34)28(38)30-16-26(36)32-12-5-6-13-32/h3-4,7-11,14-15,20H,5-6,12-13,16-18H2,1-2H3,(H,30,38)/t20-/m1/s1. The van der Waals surface area contributed by atoms with Gasteiger partial charge in [-0.25, -0.2) is 9.48 Å². The van der Waals surface area contributed by atoms with Gasteiger partial charge >= 0.3 is 6.03 Å². The summed E-state index contributed by atoms with van der Waals surface area (Å²) in [6.45, 7) is 5.84. The van der Waals surface area contributed by atoms with Crippen LogP contribution in [0.25, 0.3) is 5.69 Å². The van der Waals surface area contributed by atoms with Crippen LogP contribution in [-0.2, 0) is 11.3 Å². The van der Waals surface area contributed by atoms with E-state index >= 15 is 0 Å². The molecule has 9 nitrogen and oxygen atoms in total. The molecular weight excluding hydrogens is 504 g/mol. The lowest BCUT2D eigenvalue weighted by Crippen LogP contribution is -2.50. The van der Waals surface area contributed by atoms with E-state index in [1.807, 2.05) is 56.4 Å². The first-order valence-electron chi connectivity index (χ1n) is 12.9. The number of urea groups is 1. The Kier molecular flexibility index (Phi) is 7.37. The van der Waals surface area contributed by atoms with Crippen molar-refractivity contribution in [3.63, 3.8) is 0 Å². The van der Waals surface area contributed by atoms with Crippen LogP contribution < -0.4 is 10.2 Å². The highest BCUT2D eigenvalue weighted by molar-refractivity contribution is 6.34. The summed E-state index contributed by atoms with van der Waals surface area (Å²) in [5, 5.41) is 7.52. The number of fused-ring (bicyclic) bond motifs is 1. The number of anilines is 1. The number of aryl methyl sites for hydroxylation is 1. The Morgan fingerprint density at radius 3 is 2.55 bits per heavy atom. The van der Waals surface area contributed by atoms with E-state index < -0.39 is 0 Å². The molecule has 2 aliphatic heterocycles. The van der Waals surface area contributed by atoms with Crippen LogP contribution in [0.4, 0.5) is 10.5 Å². The number of hydrogen-bond acceptors (Lipinski definition) is 4. The van der Waals surface area contributed by atoms with Crippen LogP contribution in [0.1, 0.15) is 41.4 Å². The summed E-state index contributed by atoms with van der Waals surface area (Å²) in [6.07, 6.45) is 3.84. The second-order valence-corrected chi connectivity index (χ2v) is 10.2. The molecule has 2 aliphatic rings. The minimum absolute atomic E-state index is 0.0376. The van der Waals surface area contributed by atoms with Crippen LogP contribution >= 0.6 is 11.6 Å². The molecule has 38 heavy (non-hydrogen) atoms. The fourth-order valence-electron chi connectivity index (χ4n) is 5.03. The van der Waals surface area contributed by atoms with Gasteiger partial charge in [0.25, 0.3) is 5.91 Å². The average molecular weight is 535 g/mol. The van der Waals surface area contributed by atoms with E-state index in [1.165, 1.54) is 0 Å². The normalized spacial score (nSPS) is 17.2. The van der Waals surface area contributed by atoms with Gasteiger partial charge in [0, 0.05) is 44.1 Å². The van der Waals surface area contributed by atoms with Crippen LogP contribution in [0.5, 0.6) is 0 Å². The molecule has 5 rings (SSSR count). The first-order chi connectivity index (χ1) is 18.3. The van der Waals surface area contributed by atoms with Crippen LogP contribution in [-0.4, -0.2) is 69.6 Å². The van der Waals surface area contributed by atoms with E-state index in [4.69, 9.17) is 11.6 Å². The minimum atomic E-state index is -0.328. The molecule has 4 amide bonds. The lowest BCUT2D eigenvalue weighted by molar-refractivity contribution is -0.129. The van der Waals surface area contributed by atoms with Gasteiger partial charge in [0.2, 0.25) is 5.91 Å². The fraction of sp³-hybridized carbons (Fsp3) is 0.357. The fourth-order valence-corrected chi connectivity index (χ4v) is 5.28. The van der Waals surface area contributed by atoms with Gasteiger partial charge in [-0.15, -0.1) is 0 Å². The molecule has 3 aromatic rings. The Balaban J connectivity index is 1.36. The van der Waals surface area contributed by atoms with Gasteiger partial charge < -0.3 is 20.0 Å². The highest BCUT2D eigenvalue weighted by Crippen LogP contribution is 2.31. The largest absolute Gasteiger partial charge is 0.341 e. The average Bonchev–Trinajstić information content (AvgIpc) is 3.58. The number of nitrogens with one attached hydrogen (secondary N) is 1. The summed E-state index contributed by atoms with van der Waals surface area (Å²) in [5.74, 6) is -0.317. The molecule has 3 heterocycles. The topological polar surface area (TPSA) is 90.8 Å². The van der Waals surface area contributed by atoms with E-state index in [1.54, 1.807) is 31.5 Å². The van der Waals surface area contributed by atoms with Crippen molar-refractivity contribution < 1.29 is 14.4 Å². The van der Waals surface area contributed by atoms with Crippen LogP contribution in [0.2, 0.25) is 5.02 Å². The lowest BCUT2D eigenvalue weighted by atomic mass is 10.1. The Morgan fingerprint density at radius 2 is 1.84 bits per heavy atom. The Hall–Kier alpha value is -3.85. The van der Waals surface area contributed by atoms with Crippen molar-refractivity contribution in [1.29, 1.82) is 0 Å². The van der Waals surface area contributed by atoms with Crippen molar-refractivity contribution in [3.05, 3.63) is 76.6 Å². The quantitative estimate of drug-likeness (QED) is 0.547. The van der Waals surface area contributed by atoms with E-state index in [-0.39, 0.29) is 37.0 Å². The summed E-state index contributed by atoms with van der Waals surface area (Å²) in [7, 11) is 0. The first kappa shape index (κ1) is 25.8.